The summed E-state index contributed by atoms with van der Waals surface area (Å²) < 4.78 is 0. The summed E-state index contributed by atoms with van der Waals surface area (Å²) in [6, 6.07) is 7.95. The third kappa shape index (κ3) is 2.30. The first-order valence-electron chi connectivity index (χ1n) is 5.19. The zero-order valence-corrected chi connectivity index (χ0v) is 9.14. The Hall–Kier alpha value is -1.48. The fraction of sp³-hybridized carbons (Fsp3) is 0.333. The molecule has 0 fully saturated rings. The van der Waals surface area contributed by atoms with Crippen LogP contribution >= 0.6 is 0 Å². The van der Waals surface area contributed by atoms with E-state index in [2.05, 4.69) is 28.8 Å². The highest BCUT2D eigenvalue weighted by Gasteiger charge is 2.01. The molecule has 0 atom stereocenters. The van der Waals surface area contributed by atoms with Crippen molar-refractivity contribution >= 4 is 11.0 Å². The van der Waals surface area contributed by atoms with E-state index in [-0.39, 0.29) is 0 Å². The molecule has 0 saturated heterocycles. The van der Waals surface area contributed by atoms with Gasteiger partial charge in [0.25, 0.3) is 0 Å². The minimum Gasteiger partial charge on any atom is -0.301 e. The van der Waals surface area contributed by atoms with Crippen LogP contribution in [0, 0.1) is 0 Å². The smallest absolute Gasteiger partial charge is 0.0890 e. The molecule has 0 unspecified atom stereocenters. The van der Waals surface area contributed by atoms with Crippen molar-refractivity contribution in [2.24, 2.45) is 0 Å². The van der Waals surface area contributed by atoms with Gasteiger partial charge in [0.05, 0.1) is 22.9 Å². The Morgan fingerprint density at radius 2 is 1.93 bits per heavy atom. The molecule has 0 aliphatic carbocycles. The van der Waals surface area contributed by atoms with Crippen LogP contribution in [-0.2, 0) is 6.54 Å². The van der Waals surface area contributed by atoms with Crippen LogP contribution in [0.5, 0.6) is 0 Å². The molecule has 0 aliphatic heterocycles. The van der Waals surface area contributed by atoms with Gasteiger partial charge in [-0.1, -0.05) is 19.1 Å². The molecule has 0 amide bonds. The Bertz CT molecular complexity index is 453. The number of rotatable bonds is 3. The molecule has 0 radical (unpaired) electrons. The van der Waals surface area contributed by atoms with Crippen molar-refractivity contribution < 1.29 is 0 Å². The molecule has 1 aromatic heterocycles. The summed E-state index contributed by atoms with van der Waals surface area (Å²) in [6.45, 7) is 4.01. The maximum atomic E-state index is 4.56. The topological polar surface area (TPSA) is 29.0 Å². The van der Waals surface area contributed by atoms with Crippen molar-refractivity contribution in [3.63, 3.8) is 0 Å². The molecule has 1 aromatic carbocycles. The van der Waals surface area contributed by atoms with Crippen molar-refractivity contribution in [3.8, 4) is 0 Å². The zero-order chi connectivity index (χ0) is 10.7. The minimum absolute atomic E-state index is 0.855. The highest BCUT2D eigenvalue weighted by Crippen LogP contribution is 2.09. The average molecular weight is 201 g/mol. The number of benzene rings is 1. The van der Waals surface area contributed by atoms with Crippen LogP contribution in [0.3, 0.4) is 0 Å². The molecule has 2 aromatic rings. The molecule has 0 bridgehead atoms. The van der Waals surface area contributed by atoms with E-state index in [0.717, 1.165) is 29.8 Å². The predicted molar refractivity (Wildman–Crippen MR) is 61.5 cm³/mol. The molecule has 0 aliphatic rings. The Labute approximate surface area is 89.8 Å². The van der Waals surface area contributed by atoms with Gasteiger partial charge in [0, 0.05) is 6.54 Å². The van der Waals surface area contributed by atoms with Crippen LogP contribution in [-0.4, -0.2) is 28.5 Å². The summed E-state index contributed by atoms with van der Waals surface area (Å²) in [5.41, 5.74) is 2.96. The van der Waals surface area contributed by atoms with Crippen molar-refractivity contribution in [2.45, 2.75) is 13.5 Å². The van der Waals surface area contributed by atoms with E-state index in [4.69, 9.17) is 0 Å². The summed E-state index contributed by atoms with van der Waals surface area (Å²) in [4.78, 5) is 11.1. The SMILES string of the molecule is CCN(C)Cc1cnc2ccccc2n1. The minimum atomic E-state index is 0.855. The van der Waals surface area contributed by atoms with Gasteiger partial charge in [-0.05, 0) is 25.7 Å². The normalized spacial score (nSPS) is 11.1. The standard InChI is InChI=1S/C12H15N3/c1-3-15(2)9-10-8-13-11-6-4-5-7-12(11)14-10/h4-8H,3,9H2,1-2H3. The molecule has 1 heterocycles. The number of hydrogen-bond acceptors (Lipinski definition) is 3. The van der Waals surface area contributed by atoms with Crippen molar-refractivity contribution in [3.05, 3.63) is 36.2 Å². The van der Waals surface area contributed by atoms with Gasteiger partial charge in [-0.2, -0.15) is 0 Å². The molecule has 0 spiro atoms. The first-order valence-corrected chi connectivity index (χ1v) is 5.19. The van der Waals surface area contributed by atoms with Crippen LogP contribution in [0.4, 0.5) is 0 Å². The Morgan fingerprint density at radius 3 is 2.67 bits per heavy atom. The largest absolute Gasteiger partial charge is 0.301 e. The maximum absolute atomic E-state index is 4.56. The maximum Gasteiger partial charge on any atom is 0.0890 e. The summed E-state index contributed by atoms with van der Waals surface area (Å²) in [6.07, 6.45) is 1.86. The van der Waals surface area contributed by atoms with E-state index in [9.17, 15) is 0 Å². The fourth-order valence-corrected chi connectivity index (χ4v) is 1.46. The third-order valence-electron chi connectivity index (χ3n) is 2.47. The lowest BCUT2D eigenvalue weighted by Crippen LogP contribution is -2.17. The highest BCUT2D eigenvalue weighted by molar-refractivity contribution is 5.73. The molecule has 3 heteroatoms. The number of aromatic nitrogens is 2. The summed E-state index contributed by atoms with van der Waals surface area (Å²) in [5.74, 6) is 0. The number of hydrogen-bond donors (Lipinski definition) is 0. The first-order chi connectivity index (χ1) is 7.29. The van der Waals surface area contributed by atoms with E-state index >= 15 is 0 Å². The number of nitrogens with zero attached hydrogens (tertiary/aromatic N) is 3. The van der Waals surface area contributed by atoms with Crippen LogP contribution in [0.1, 0.15) is 12.6 Å². The van der Waals surface area contributed by atoms with Gasteiger partial charge >= 0.3 is 0 Å². The molecular weight excluding hydrogens is 186 g/mol. The predicted octanol–water partition coefficient (Wildman–Crippen LogP) is 2.08. The second-order valence-corrected chi connectivity index (χ2v) is 3.68. The van der Waals surface area contributed by atoms with Crippen molar-refractivity contribution in [2.75, 3.05) is 13.6 Å². The number of para-hydroxylation sites is 2. The van der Waals surface area contributed by atoms with Crippen LogP contribution in [0.15, 0.2) is 30.5 Å². The first kappa shape index (κ1) is 10.1. The van der Waals surface area contributed by atoms with Gasteiger partial charge < -0.3 is 4.90 Å². The molecule has 0 saturated carbocycles. The molecule has 15 heavy (non-hydrogen) atoms. The van der Waals surface area contributed by atoms with E-state index in [1.54, 1.807) is 0 Å². The van der Waals surface area contributed by atoms with Crippen LogP contribution < -0.4 is 0 Å². The monoisotopic (exact) mass is 201 g/mol. The van der Waals surface area contributed by atoms with Gasteiger partial charge in [0.1, 0.15) is 0 Å². The average Bonchev–Trinajstić information content (AvgIpc) is 2.29. The van der Waals surface area contributed by atoms with Crippen LogP contribution in [0.25, 0.3) is 11.0 Å². The highest BCUT2D eigenvalue weighted by atomic mass is 15.1. The Kier molecular flexibility index (Phi) is 2.92. The van der Waals surface area contributed by atoms with E-state index in [1.165, 1.54) is 0 Å². The fourth-order valence-electron chi connectivity index (χ4n) is 1.46. The Morgan fingerprint density at radius 1 is 1.20 bits per heavy atom. The molecular formula is C12H15N3. The molecule has 78 valence electrons. The van der Waals surface area contributed by atoms with Crippen molar-refractivity contribution in [1.82, 2.24) is 14.9 Å². The third-order valence-corrected chi connectivity index (χ3v) is 2.47. The summed E-state index contributed by atoms with van der Waals surface area (Å²) in [7, 11) is 2.08. The number of fused-ring (bicyclic) bond motifs is 1. The van der Waals surface area contributed by atoms with Crippen LogP contribution in [0.2, 0.25) is 0 Å². The van der Waals surface area contributed by atoms with Gasteiger partial charge in [-0.25, -0.2) is 4.98 Å². The lowest BCUT2D eigenvalue weighted by atomic mass is 10.3. The van der Waals surface area contributed by atoms with E-state index < -0.39 is 0 Å². The molecule has 3 nitrogen and oxygen atoms in total. The summed E-state index contributed by atoms with van der Waals surface area (Å²) >= 11 is 0. The van der Waals surface area contributed by atoms with E-state index in [1.807, 2.05) is 30.5 Å². The zero-order valence-electron chi connectivity index (χ0n) is 9.14. The molecule has 0 N–H and O–H groups in total. The summed E-state index contributed by atoms with van der Waals surface area (Å²) in [5, 5.41) is 0. The lowest BCUT2D eigenvalue weighted by Gasteiger charge is -2.12. The quantitative estimate of drug-likeness (QED) is 0.761. The Balaban J connectivity index is 2.30. The van der Waals surface area contributed by atoms with Gasteiger partial charge in [0.15, 0.2) is 0 Å². The second-order valence-electron chi connectivity index (χ2n) is 3.68. The van der Waals surface area contributed by atoms with Gasteiger partial charge in [-0.3, -0.25) is 4.98 Å². The van der Waals surface area contributed by atoms with Gasteiger partial charge in [0.2, 0.25) is 0 Å². The molecule has 2 rings (SSSR count). The van der Waals surface area contributed by atoms with Gasteiger partial charge in [-0.15, -0.1) is 0 Å². The lowest BCUT2D eigenvalue weighted by molar-refractivity contribution is 0.341. The van der Waals surface area contributed by atoms with Crippen molar-refractivity contribution in [1.29, 1.82) is 0 Å². The van der Waals surface area contributed by atoms with E-state index in [0.29, 0.717) is 0 Å². The second kappa shape index (κ2) is 4.36.